The van der Waals surface area contributed by atoms with Crippen molar-refractivity contribution in [3.8, 4) is 0 Å². The van der Waals surface area contributed by atoms with Gasteiger partial charge in [-0.3, -0.25) is 4.79 Å². The van der Waals surface area contributed by atoms with E-state index >= 15 is 0 Å². The Morgan fingerprint density at radius 2 is 1.88 bits per heavy atom. The molecule has 1 unspecified atom stereocenters. The minimum absolute atomic E-state index is 0.187. The van der Waals surface area contributed by atoms with Crippen LogP contribution in [0, 0.1) is 0 Å². The van der Waals surface area contributed by atoms with Gasteiger partial charge in [-0.2, -0.15) is 0 Å². The molecule has 0 fully saturated rings. The van der Waals surface area contributed by atoms with Gasteiger partial charge in [-0.05, 0) is 55.5 Å². The van der Waals surface area contributed by atoms with Gasteiger partial charge in [0.15, 0.2) is 0 Å². The maximum atomic E-state index is 12.2. The van der Waals surface area contributed by atoms with E-state index in [2.05, 4.69) is 65.8 Å². The first-order chi connectivity index (χ1) is 12.2. The van der Waals surface area contributed by atoms with Crippen LogP contribution in [0.3, 0.4) is 0 Å². The van der Waals surface area contributed by atoms with Crippen LogP contribution in [0.25, 0.3) is 0 Å². The van der Waals surface area contributed by atoms with Crippen molar-refractivity contribution in [2.75, 3.05) is 20.1 Å². The highest BCUT2D eigenvalue weighted by molar-refractivity contribution is 5.77. The van der Waals surface area contributed by atoms with E-state index in [1.807, 2.05) is 6.07 Å². The fraction of sp³-hybridized carbons (Fsp3) is 0.409. The maximum Gasteiger partial charge on any atom is 0.220 e. The highest BCUT2D eigenvalue weighted by Gasteiger charge is 2.23. The molecule has 0 saturated heterocycles. The number of benzene rings is 2. The average Bonchev–Trinajstić information content (AvgIpc) is 3.03. The SMILES string of the molecule is CN(CCCNC(=O)CC1CCc2ccccc21)Cc1ccccc1. The fourth-order valence-corrected chi connectivity index (χ4v) is 3.70. The number of aryl methyl sites for hydroxylation is 1. The second kappa shape index (κ2) is 8.82. The van der Waals surface area contributed by atoms with Crippen LogP contribution in [0.5, 0.6) is 0 Å². The predicted octanol–water partition coefficient (Wildman–Crippen LogP) is 3.74. The van der Waals surface area contributed by atoms with Crippen molar-refractivity contribution in [3.63, 3.8) is 0 Å². The third kappa shape index (κ3) is 5.17. The summed E-state index contributed by atoms with van der Waals surface area (Å²) < 4.78 is 0. The summed E-state index contributed by atoms with van der Waals surface area (Å²) in [5, 5.41) is 3.09. The van der Waals surface area contributed by atoms with Gasteiger partial charge in [0.05, 0.1) is 0 Å². The minimum atomic E-state index is 0.187. The molecule has 3 rings (SSSR count). The quantitative estimate of drug-likeness (QED) is 0.745. The second-order valence-corrected chi connectivity index (χ2v) is 7.07. The first-order valence-electron chi connectivity index (χ1n) is 9.29. The van der Waals surface area contributed by atoms with Crippen LogP contribution in [-0.2, 0) is 17.8 Å². The Morgan fingerprint density at radius 1 is 1.12 bits per heavy atom. The van der Waals surface area contributed by atoms with E-state index in [1.165, 1.54) is 16.7 Å². The molecule has 0 spiro atoms. The summed E-state index contributed by atoms with van der Waals surface area (Å²) in [6.45, 7) is 2.70. The number of carbonyl (C=O) groups excluding carboxylic acids is 1. The molecule has 0 radical (unpaired) electrons. The zero-order valence-corrected chi connectivity index (χ0v) is 15.1. The standard InChI is InChI=1S/C22H28N2O/c1-24(17-18-8-3-2-4-9-18)15-7-14-23-22(25)16-20-13-12-19-10-5-6-11-21(19)20/h2-6,8-11,20H,7,12-17H2,1H3,(H,23,25). The van der Waals surface area contributed by atoms with Gasteiger partial charge >= 0.3 is 0 Å². The number of rotatable bonds is 8. The lowest BCUT2D eigenvalue weighted by Gasteiger charge is -2.17. The monoisotopic (exact) mass is 336 g/mol. The number of fused-ring (bicyclic) bond motifs is 1. The normalized spacial score (nSPS) is 16.0. The first-order valence-corrected chi connectivity index (χ1v) is 9.29. The third-order valence-corrected chi connectivity index (χ3v) is 5.02. The largest absolute Gasteiger partial charge is 0.356 e. The molecule has 132 valence electrons. The summed E-state index contributed by atoms with van der Waals surface area (Å²) in [5.74, 6) is 0.587. The van der Waals surface area contributed by atoms with Crippen LogP contribution < -0.4 is 5.32 Å². The first kappa shape index (κ1) is 17.7. The summed E-state index contributed by atoms with van der Waals surface area (Å²) in [6, 6.07) is 19.0. The molecule has 0 bridgehead atoms. The van der Waals surface area contributed by atoms with E-state index in [4.69, 9.17) is 0 Å². The minimum Gasteiger partial charge on any atom is -0.356 e. The summed E-state index contributed by atoms with van der Waals surface area (Å²) in [4.78, 5) is 14.5. The molecule has 25 heavy (non-hydrogen) atoms. The number of nitrogens with one attached hydrogen (secondary N) is 1. The zero-order valence-electron chi connectivity index (χ0n) is 15.1. The molecule has 1 amide bonds. The van der Waals surface area contributed by atoms with Crippen LogP contribution in [-0.4, -0.2) is 30.9 Å². The van der Waals surface area contributed by atoms with E-state index in [0.29, 0.717) is 12.3 Å². The lowest BCUT2D eigenvalue weighted by atomic mass is 9.97. The van der Waals surface area contributed by atoms with E-state index in [0.717, 1.165) is 38.9 Å². The Morgan fingerprint density at radius 3 is 2.72 bits per heavy atom. The summed E-state index contributed by atoms with van der Waals surface area (Å²) >= 11 is 0. The van der Waals surface area contributed by atoms with E-state index in [-0.39, 0.29) is 5.91 Å². The van der Waals surface area contributed by atoms with Gasteiger partial charge in [-0.25, -0.2) is 0 Å². The van der Waals surface area contributed by atoms with Gasteiger partial charge in [0.2, 0.25) is 5.91 Å². The number of nitrogens with zero attached hydrogens (tertiary/aromatic N) is 1. The maximum absolute atomic E-state index is 12.2. The van der Waals surface area contributed by atoms with Crippen LogP contribution >= 0.6 is 0 Å². The molecule has 0 aromatic heterocycles. The molecule has 2 aromatic rings. The molecule has 2 aromatic carbocycles. The average molecular weight is 336 g/mol. The molecule has 0 aliphatic heterocycles. The van der Waals surface area contributed by atoms with Crippen molar-refractivity contribution in [2.24, 2.45) is 0 Å². The number of carbonyl (C=O) groups is 1. The molecule has 3 heteroatoms. The number of hydrogen-bond acceptors (Lipinski definition) is 2. The Bertz CT molecular complexity index is 683. The van der Waals surface area contributed by atoms with E-state index < -0.39 is 0 Å². The Balaban J connectivity index is 1.33. The lowest BCUT2D eigenvalue weighted by molar-refractivity contribution is -0.121. The molecule has 0 saturated carbocycles. The molecule has 1 aliphatic carbocycles. The molecular weight excluding hydrogens is 308 g/mol. The smallest absolute Gasteiger partial charge is 0.220 e. The van der Waals surface area contributed by atoms with Crippen molar-refractivity contribution in [1.82, 2.24) is 10.2 Å². The van der Waals surface area contributed by atoms with E-state index in [9.17, 15) is 4.79 Å². The molecule has 1 atom stereocenters. The van der Waals surface area contributed by atoms with Crippen LogP contribution in [0.1, 0.15) is 41.9 Å². The summed E-state index contributed by atoms with van der Waals surface area (Å²) in [6.07, 6.45) is 3.82. The molecule has 1 aliphatic rings. The van der Waals surface area contributed by atoms with Gasteiger partial charge < -0.3 is 10.2 Å². The molecule has 1 N–H and O–H groups in total. The second-order valence-electron chi connectivity index (χ2n) is 7.07. The lowest BCUT2D eigenvalue weighted by Crippen LogP contribution is -2.28. The van der Waals surface area contributed by atoms with Gasteiger partial charge in [0, 0.05) is 19.5 Å². The van der Waals surface area contributed by atoms with Crippen molar-refractivity contribution in [2.45, 2.75) is 38.1 Å². The predicted molar refractivity (Wildman–Crippen MR) is 103 cm³/mol. The van der Waals surface area contributed by atoms with Crippen molar-refractivity contribution < 1.29 is 4.79 Å². The number of hydrogen-bond donors (Lipinski definition) is 1. The van der Waals surface area contributed by atoms with Gasteiger partial charge in [-0.1, -0.05) is 54.6 Å². The Hall–Kier alpha value is -2.13. The summed E-state index contributed by atoms with van der Waals surface area (Å²) in [5.41, 5.74) is 4.12. The van der Waals surface area contributed by atoms with Gasteiger partial charge in [0.25, 0.3) is 0 Å². The zero-order chi connectivity index (χ0) is 17.5. The van der Waals surface area contributed by atoms with Crippen molar-refractivity contribution >= 4 is 5.91 Å². The molecular formula is C22H28N2O. The number of amides is 1. The Labute approximate surface area is 151 Å². The van der Waals surface area contributed by atoms with Gasteiger partial charge in [-0.15, -0.1) is 0 Å². The highest BCUT2D eigenvalue weighted by atomic mass is 16.1. The topological polar surface area (TPSA) is 32.3 Å². The highest BCUT2D eigenvalue weighted by Crippen LogP contribution is 2.34. The van der Waals surface area contributed by atoms with Crippen LogP contribution in [0.15, 0.2) is 54.6 Å². The Kier molecular flexibility index (Phi) is 6.24. The third-order valence-electron chi connectivity index (χ3n) is 5.02. The molecule has 0 heterocycles. The fourth-order valence-electron chi connectivity index (χ4n) is 3.70. The van der Waals surface area contributed by atoms with Crippen molar-refractivity contribution in [1.29, 1.82) is 0 Å². The van der Waals surface area contributed by atoms with Gasteiger partial charge in [0.1, 0.15) is 0 Å². The molecule has 3 nitrogen and oxygen atoms in total. The van der Waals surface area contributed by atoms with Crippen LogP contribution in [0.4, 0.5) is 0 Å². The summed E-state index contributed by atoms with van der Waals surface area (Å²) in [7, 11) is 2.13. The van der Waals surface area contributed by atoms with Crippen molar-refractivity contribution in [3.05, 3.63) is 71.3 Å². The van der Waals surface area contributed by atoms with Crippen LogP contribution in [0.2, 0.25) is 0 Å². The van der Waals surface area contributed by atoms with E-state index in [1.54, 1.807) is 0 Å².